The molecule has 0 atom stereocenters. The van der Waals surface area contributed by atoms with Gasteiger partial charge in [-0.1, -0.05) is 12.1 Å². The first-order valence-electron chi connectivity index (χ1n) is 7.10. The highest BCUT2D eigenvalue weighted by atomic mass is 19.1. The molecule has 24 heavy (non-hydrogen) atoms. The summed E-state index contributed by atoms with van der Waals surface area (Å²) in [5, 5.41) is 12.5. The minimum absolute atomic E-state index is 0.243. The van der Waals surface area contributed by atoms with Gasteiger partial charge in [-0.15, -0.1) is 0 Å². The molecule has 0 radical (unpaired) electrons. The van der Waals surface area contributed by atoms with Crippen molar-refractivity contribution in [3.05, 3.63) is 48.0 Å². The van der Waals surface area contributed by atoms with E-state index in [0.29, 0.717) is 11.1 Å². The third-order valence-corrected chi connectivity index (χ3v) is 3.36. The van der Waals surface area contributed by atoms with Crippen molar-refractivity contribution in [1.82, 2.24) is 10.3 Å². The minimum Gasteiger partial charge on any atom is -0.505 e. The summed E-state index contributed by atoms with van der Waals surface area (Å²) in [6.07, 6.45) is 1.34. The standard InChI is InChI=1S/C17H17FN2O4/c1-17(2,16(23)24-3)20-15(22)14-13(21)8-11(9-19-14)10-5-4-6-12(18)7-10/h4-9,21H,1-3H3,(H,20,22). The molecule has 0 aliphatic rings. The smallest absolute Gasteiger partial charge is 0.330 e. The number of methoxy groups -OCH3 is 1. The van der Waals surface area contributed by atoms with Gasteiger partial charge in [-0.3, -0.25) is 4.79 Å². The van der Waals surface area contributed by atoms with Crippen LogP contribution in [0.5, 0.6) is 5.75 Å². The number of pyridine rings is 1. The number of hydrogen-bond donors (Lipinski definition) is 2. The SMILES string of the molecule is COC(=O)C(C)(C)NC(=O)c1ncc(-c2cccc(F)c2)cc1O. The van der Waals surface area contributed by atoms with Gasteiger partial charge in [0.1, 0.15) is 17.1 Å². The fourth-order valence-corrected chi connectivity index (χ4v) is 2.10. The fraction of sp³-hybridized carbons (Fsp3) is 0.235. The van der Waals surface area contributed by atoms with Crippen LogP contribution in [0.25, 0.3) is 11.1 Å². The lowest BCUT2D eigenvalue weighted by molar-refractivity contribution is -0.146. The molecule has 0 aliphatic heterocycles. The Hall–Kier alpha value is -2.96. The van der Waals surface area contributed by atoms with Crippen molar-refractivity contribution in [1.29, 1.82) is 0 Å². The largest absolute Gasteiger partial charge is 0.505 e. The lowest BCUT2D eigenvalue weighted by Gasteiger charge is -2.22. The number of nitrogens with one attached hydrogen (secondary N) is 1. The van der Waals surface area contributed by atoms with E-state index in [0.717, 1.165) is 0 Å². The quantitative estimate of drug-likeness (QED) is 0.839. The van der Waals surface area contributed by atoms with E-state index in [1.807, 2.05) is 0 Å². The number of carbonyl (C=O) groups is 2. The molecule has 1 aromatic heterocycles. The maximum Gasteiger partial charge on any atom is 0.330 e. The van der Waals surface area contributed by atoms with Gasteiger partial charge in [0.05, 0.1) is 7.11 Å². The number of ether oxygens (including phenoxy) is 1. The summed E-state index contributed by atoms with van der Waals surface area (Å²) in [7, 11) is 1.21. The predicted molar refractivity (Wildman–Crippen MR) is 84.9 cm³/mol. The van der Waals surface area contributed by atoms with Crippen LogP contribution in [0.15, 0.2) is 36.5 Å². The Morgan fingerprint density at radius 3 is 2.54 bits per heavy atom. The zero-order valence-corrected chi connectivity index (χ0v) is 13.5. The molecule has 2 aromatic rings. The summed E-state index contributed by atoms with van der Waals surface area (Å²) in [5.41, 5.74) is -0.552. The van der Waals surface area contributed by atoms with Crippen LogP contribution >= 0.6 is 0 Å². The monoisotopic (exact) mass is 332 g/mol. The van der Waals surface area contributed by atoms with Crippen molar-refractivity contribution in [2.24, 2.45) is 0 Å². The number of aromatic nitrogens is 1. The Balaban J connectivity index is 2.27. The number of carbonyl (C=O) groups excluding carboxylic acids is 2. The number of esters is 1. The summed E-state index contributed by atoms with van der Waals surface area (Å²) >= 11 is 0. The average Bonchev–Trinajstić information content (AvgIpc) is 2.53. The number of rotatable bonds is 4. The summed E-state index contributed by atoms with van der Waals surface area (Å²) < 4.78 is 17.9. The molecule has 0 spiro atoms. The number of aromatic hydroxyl groups is 1. The van der Waals surface area contributed by atoms with E-state index in [2.05, 4.69) is 15.0 Å². The molecule has 1 aromatic carbocycles. The number of amides is 1. The molecule has 0 saturated carbocycles. The first kappa shape index (κ1) is 17.4. The zero-order chi connectivity index (χ0) is 17.9. The molecule has 0 unspecified atom stereocenters. The first-order chi connectivity index (χ1) is 11.2. The zero-order valence-electron chi connectivity index (χ0n) is 13.5. The minimum atomic E-state index is -1.28. The van der Waals surface area contributed by atoms with Crippen molar-refractivity contribution >= 4 is 11.9 Å². The molecule has 7 heteroatoms. The second kappa shape index (κ2) is 6.66. The van der Waals surface area contributed by atoms with E-state index in [-0.39, 0.29) is 11.4 Å². The summed E-state index contributed by atoms with van der Waals surface area (Å²) in [5.74, 6) is -2.16. The van der Waals surface area contributed by atoms with Gasteiger partial charge in [0.15, 0.2) is 5.69 Å². The highest BCUT2D eigenvalue weighted by Gasteiger charge is 2.32. The third-order valence-electron chi connectivity index (χ3n) is 3.36. The van der Waals surface area contributed by atoms with Crippen LogP contribution in [0.4, 0.5) is 4.39 Å². The molecule has 2 rings (SSSR count). The number of hydrogen-bond acceptors (Lipinski definition) is 5. The molecule has 6 nitrogen and oxygen atoms in total. The Bertz CT molecular complexity index is 790. The van der Waals surface area contributed by atoms with E-state index < -0.39 is 23.2 Å². The Morgan fingerprint density at radius 1 is 1.25 bits per heavy atom. The molecule has 0 fully saturated rings. The molecular formula is C17H17FN2O4. The number of halogens is 1. The number of nitrogens with zero attached hydrogens (tertiary/aromatic N) is 1. The predicted octanol–water partition coefficient (Wildman–Crippen LogP) is 2.27. The first-order valence-corrected chi connectivity index (χ1v) is 7.10. The van der Waals surface area contributed by atoms with Crippen LogP contribution in [0, 0.1) is 5.82 Å². The molecule has 1 heterocycles. The lowest BCUT2D eigenvalue weighted by Crippen LogP contribution is -2.50. The van der Waals surface area contributed by atoms with Crippen LogP contribution in [0.3, 0.4) is 0 Å². The van der Waals surface area contributed by atoms with Crippen molar-refractivity contribution in [3.8, 4) is 16.9 Å². The Labute approximate surface area is 138 Å². The van der Waals surface area contributed by atoms with Crippen LogP contribution in [0.1, 0.15) is 24.3 Å². The highest BCUT2D eigenvalue weighted by molar-refractivity contribution is 5.98. The normalized spacial score (nSPS) is 11.0. The molecule has 0 aliphatic carbocycles. The summed E-state index contributed by atoms with van der Waals surface area (Å²) in [6, 6.07) is 7.08. The van der Waals surface area contributed by atoms with Gasteiger partial charge >= 0.3 is 5.97 Å². The molecule has 0 bridgehead atoms. The third kappa shape index (κ3) is 3.68. The topological polar surface area (TPSA) is 88.5 Å². The molecule has 1 amide bonds. The molecule has 126 valence electrons. The van der Waals surface area contributed by atoms with Gasteiger partial charge < -0.3 is 15.2 Å². The summed E-state index contributed by atoms with van der Waals surface area (Å²) in [4.78, 5) is 27.7. The van der Waals surface area contributed by atoms with Gasteiger partial charge in [-0.25, -0.2) is 14.2 Å². The van der Waals surface area contributed by atoms with E-state index in [1.54, 1.807) is 6.07 Å². The second-order valence-corrected chi connectivity index (χ2v) is 5.67. The fourth-order valence-electron chi connectivity index (χ4n) is 2.10. The van der Waals surface area contributed by atoms with Gasteiger partial charge in [-0.2, -0.15) is 0 Å². The van der Waals surface area contributed by atoms with Crippen LogP contribution in [0.2, 0.25) is 0 Å². The Morgan fingerprint density at radius 2 is 1.96 bits per heavy atom. The molecule has 2 N–H and O–H groups in total. The van der Waals surface area contributed by atoms with Crippen molar-refractivity contribution in [2.75, 3.05) is 7.11 Å². The van der Waals surface area contributed by atoms with E-state index >= 15 is 0 Å². The second-order valence-electron chi connectivity index (χ2n) is 5.67. The van der Waals surface area contributed by atoms with E-state index in [4.69, 9.17) is 0 Å². The van der Waals surface area contributed by atoms with Crippen LogP contribution in [-0.2, 0) is 9.53 Å². The van der Waals surface area contributed by atoms with Gasteiger partial charge in [-0.05, 0) is 37.6 Å². The van der Waals surface area contributed by atoms with Crippen molar-refractivity contribution in [2.45, 2.75) is 19.4 Å². The molecular weight excluding hydrogens is 315 g/mol. The maximum absolute atomic E-state index is 13.3. The van der Waals surface area contributed by atoms with Gasteiger partial charge in [0.2, 0.25) is 0 Å². The molecule has 0 saturated heterocycles. The van der Waals surface area contributed by atoms with Gasteiger partial charge in [0.25, 0.3) is 5.91 Å². The highest BCUT2D eigenvalue weighted by Crippen LogP contribution is 2.25. The van der Waals surface area contributed by atoms with Crippen molar-refractivity contribution < 1.29 is 23.8 Å². The van der Waals surface area contributed by atoms with E-state index in [1.165, 1.54) is 51.4 Å². The van der Waals surface area contributed by atoms with E-state index in [9.17, 15) is 19.1 Å². The number of benzene rings is 1. The average molecular weight is 332 g/mol. The van der Waals surface area contributed by atoms with Gasteiger partial charge in [0, 0.05) is 11.8 Å². The lowest BCUT2D eigenvalue weighted by atomic mass is 10.0. The van der Waals surface area contributed by atoms with Crippen LogP contribution < -0.4 is 5.32 Å². The Kier molecular flexibility index (Phi) is 4.82. The maximum atomic E-state index is 13.3. The summed E-state index contributed by atoms with van der Waals surface area (Å²) in [6.45, 7) is 2.93. The van der Waals surface area contributed by atoms with Crippen LogP contribution in [-0.4, -0.2) is 34.6 Å². The van der Waals surface area contributed by atoms with Crippen molar-refractivity contribution in [3.63, 3.8) is 0 Å².